The van der Waals surface area contributed by atoms with Gasteiger partial charge in [0.1, 0.15) is 0 Å². The number of methoxy groups -OCH3 is 1. The lowest BCUT2D eigenvalue weighted by molar-refractivity contribution is -0.276. The van der Waals surface area contributed by atoms with Crippen molar-refractivity contribution in [3.63, 3.8) is 0 Å². The molecule has 4 nitrogen and oxygen atoms in total. The number of H-pyrrole nitrogens is 1. The van der Waals surface area contributed by atoms with Gasteiger partial charge in [0, 0.05) is 0 Å². The van der Waals surface area contributed by atoms with Gasteiger partial charge in [0.2, 0.25) is 11.3 Å². The Kier molecular flexibility index (Phi) is 2.92. The Balaban J connectivity index is 3.13. The predicted molar refractivity (Wildman–Crippen MR) is 45.0 cm³/mol. The van der Waals surface area contributed by atoms with Crippen molar-refractivity contribution in [2.75, 3.05) is 7.11 Å². The van der Waals surface area contributed by atoms with Gasteiger partial charge in [-0.05, 0) is 6.92 Å². The molecule has 0 saturated heterocycles. The van der Waals surface area contributed by atoms with Crippen LogP contribution in [0.15, 0.2) is 11.0 Å². The molecule has 0 amide bonds. The summed E-state index contributed by atoms with van der Waals surface area (Å²) < 4.78 is 43.8. The van der Waals surface area contributed by atoms with Crippen molar-refractivity contribution in [1.82, 2.24) is 4.98 Å². The summed E-state index contributed by atoms with van der Waals surface area (Å²) >= 11 is 0. The molecule has 0 unspecified atom stereocenters. The van der Waals surface area contributed by atoms with Gasteiger partial charge in [0.05, 0.1) is 18.9 Å². The van der Waals surface area contributed by atoms with Gasteiger partial charge >= 0.3 is 6.36 Å². The standard InChI is InChI=1S/C8H8F3NO3/c1-4-6(13)5(14-2)3-12-7(4)15-8(9,10)11/h3H,1-2H3,(H,12,13). The van der Waals surface area contributed by atoms with Gasteiger partial charge in [0.15, 0.2) is 5.75 Å². The van der Waals surface area contributed by atoms with Crippen molar-refractivity contribution in [2.24, 2.45) is 0 Å². The Labute approximate surface area is 82.6 Å². The Bertz CT molecular complexity index is 411. The quantitative estimate of drug-likeness (QED) is 0.828. The second-order valence-corrected chi connectivity index (χ2v) is 2.69. The first-order valence-corrected chi connectivity index (χ1v) is 3.87. The van der Waals surface area contributed by atoms with Crippen molar-refractivity contribution in [1.29, 1.82) is 0 Å². The summed E-state index contributed by atoms with van der Waals surface area (Å²) in [7, 11) is 1.24. The first-order chi connectivity index (χ1) is 6.85. The number of nitrogens with one attached hydrogen (secondary N) is 1. The molecule has 84 valence electrons. The maximum absolute atomic E-state index is 11.9. The highest BCUT2D eigenvalue weighted by atomic mass is 19.4. The molecule has 0 radical (unpaired) electrons. The molecule has 0 spiro atoms. The van der Waals surface area contributed by atoms with E-state index in [9.17, 15) is 18.0 Å². The van der Waals surface area contributed by atoms with E-state index in [4.69, 9.17) is 0 Å². The number of ether oxygens (including phenoxy) is 2. The van der Waals surface area contributed by atoms with Gasteiger partial charge in [-0.3, -0.25) is 4.79 Å². The predicted octanol–water partition coefficient (Wildman–Crippen LogP) is 1.59. The van der Waals surface area contributed by atoms with Gasteiger partial charge in [-0.15, -0.1) is 13.2 Å². The van der Waals surface area contributed by atoms with E-state index in [0.717, 1.165) is 6.20 Å². The van der Waals surface area contributed by atoms with E-state index in [1.165, 1.54) is 14.0 Å². The molecule has 1 N–H and O–H groups in total. The molecule has 7 heteroatoms. The number of halogens is 3. The molecule has 0 aliphatic carbocycles. The third kappa shape index (κ3) is 2.64. The summed E-state index contributed by atoms with van der Waals surface area (Å²) in [5.74, 6) is -0.699. The van der Waals surface area contributed by atoms with Gasteiger partial charge in [-0.25, -0.2) is 0 Å². The molecule has 1 rings (SSSR count). The molecule has 15 heavy (non-hydrogen) atoms. The lowest BCUT2D eigenvalue weighted by atomic mass is 10.3. The number of pyridine rings is 1. The minimum absolute atomic E-state index is 0.0676. The van der Waals surface area contributed by atoms with Crippen LogP contribution >= 0.6 is 0 Å². The van der Waals surface area contributed by atoms with Crippen LogP contribution in [-0.2, 0) is 0 Å². The summed E-state index contributed by atoms with van der Waals surface area (Å²) in [6.07, 6.45) is -3.82. The Morgan fingerprint density at radius 2 is 2.00 bits per heavy atom. The lowest BCUT2D eigenvalue weighted by Gasteiger charge is -2.11. The molecule has 0 aromatic carbocycles. The van der Waals surface area contributed by atoms with Crippen LogP contribution in [-0.4, -0.2) is 18.5 Å². The van der Waals surface area contributed by atoms with Gasteiger partial charge in [-0.1, -0.05) is 0 Å². The van der Waals surface area contributed by atoms with Crippen LogP contribution in [0, 0.1) is 6.92 Å². The average molecular weight is 223 g/mol. The second kappa shape index (κ2) is 3.84. The molecule has 0 fully saturated rings. The molecule has 1 aromatic rings. The zero-order valence-electron chi connectivity index (χ0n) is 7.94. The molecule has 0 aliphatic heterocycles. The minimum atomic E-state index is -4.83. The van der Waals surface area contributed by atoms with Crippen LogP contribution in [0.3, 0.4) is 0 Å². The molecule has 0 aliphatic rings. The molecule has 1 heterocycles. The SMILES string of the molecule is COc1c[nH]c(OC(F)(F)F)c(C)c1=O. The number of hydrogen-bond acceptors (Lipinski definition) is 3. The number of alkyl halides is 3. The third-order valence-electron chi connectivity index (χ3n) is 1.68. The summed E-state index contributed by atoms with van der Waals surface area (Å²) in [6.45, 7) is 1.21. The fraction of sp³-hybridized carbons (Fsp3) is 0.375. The van der Waals surface area contributed by atoms with E-state index in [2.05, 4.69) is 14.5 Å². The van der Waals surface area contributed by atoms with Crippen LogP contribution < -0.4 is 14.9 Å². The van der Waals surface area contributed by atoms with E-state index >= 15 is 0 Å². The van der Waals surface area contributed by atoms with Crippen LogP contribution in [0.4, 0.5) is 13.2 Å². The van der Waals surface area contributed by atoms with Gasteiger partial charge < -0.3 is 14.5 Å². The normalized spacial score (nSPS) is 11.3. The minimum Gasteiger partial charge on any atom is -0.491 e. The summed E-state index contributed by atoms with van der Waals surface area (Å²) in [5.41, 5.74) is -0.831. The van der Waals surface area contributed by atoms with Crippen LogP contribution in [0.1, 0.15) is 5.56 Å². The molecular formula is C8H8F3NO3. The summed E-state index contributed by atoms with van der Waals surface area (Å²) in [4.78, 5) is 13.5. The van der Waals surface area contributed by atoms with Crippen molar-refractivity contribution in [2.45, 2.75) is 13.3 Å². The van der Waals surface area contributed by atoms with E-state index in [0.29, 0.717) is 0 Å². The van der Waals surface area contributed by atoms with Crippen molar-refractivity contribution in [3.05, 3.63) is 22.0 Å². The largest absolute Gasteiger partial charge is 0.574 e. The lowest BCUT2D eigenvalue weighted by Crippen LogP contribution is -2.21. The van der Waals surface area contributed by atoms with Crippen molar-refractivity contribution in [3.8, 4) is 11.6 Å². The first-order valence-electron chi connectivity index (χ1n) is 3.87. The topological polar surface area (TPSA) is 51.3 Å². The molecule has 1 aromatic heterocycles. The second-order valence-electron chi connectivity index (χ2n) is 2.69. The Morgan fingerprint density at radius 3 is 2.47 bits per heavy atom. The highest BCUT2D eigenvalue weighted by Crippen LogP contribution is 2.22. The van der Waals surface area contributed by atoms with Gasteiger partial charge in [-0.2, -0.15) is 0 Å². The molecule has 0 bridgehead atoms. The van der Waals surface area contributed by atoms with Crippen molar-refractivity contribution < 1.29 is 22.6 Å². The maximum atomic E-state index is 11.9. The van der Waals surface area contributed by atoms with E-state index in [1.54, 1.807) is 0 Å². The zero-order valence-corrected chi connectivity index (χ0v) is 7.94. The van der Waals surface area contributed by atoms with Crippen LogP contribution in [0.25, 0.3) is 0 Å². The zero-order chi connectivity index (χ0) is 11.6. The number of hydrogen-bond donors (Lipinski definition) is 1. The molecule has 0 atom stereocenters. The van der Waals surface area contributed by atoms with E-state index in [1.807, 2.05) is 0 Å². The molecular weight excluding hydrogens is 215 g/mol. The maximum Gasteiger partial charge on any atom is 0.574 e. The highest BCUT2D eigenvalue weighted by Gasteiger charge is 2.32. The van der Waals surface area contributed by atoms with Crippen molar-refractivity contribution >= 4 is 0 Å². The average Bonchev–Trinajstić information content (AvgIpc) is 2.11. The Hall–Kier alpha value is -1.66. The van der Waals surface area contributed by atoms with E-state index in [-0.39, 0.29) is 11.3 Å². The fourth-order valence-electron chi connectivity index (χ4n) is 0.966. The number of aromatic nitrogens is 1. The molecule has 0 saturated carbocycles. The van der Waals surface area contributed by atoms with Crippen LogP contribution in [0.2, 0.25) is 0 Å². The third-order valence-corrected chi connectivity index (χ3v) is 1.68. The number of rotatable bonds is 2. The summed E-state index contributed by atoms with van der Waals surface area (Å²) in [6, 6.07) is 0. The monoisotopic (exact) mass is 223 g/mol. The van der Waals surface area contributed by atoms with Crippen LogP contribution in [0.5, 0.6) is 11.6 Å². The van der Waals surface area contributed by atoms with Gasteiger partial charge in [0.25, 0.3) is 0 Å². The highest BCUT2D eigenvalue weighted by molar-refractivity contribution is 5.32. The Morgan fingerprint density at radius 1 is 1.40 bits per heavy atom. The number of aromatic amines is 1. The fourth-order valence-corrected chi connectivity index (χ4v) is 0.966. The summed E-state index contributed by atoms with van der Waals surface area (Å²) in [5, 5.41) is 0. The smallest absolute Gasteiger partial charge is 0.491 e. The van der Waals surface area contributed by atoms with E-state index < -0.39 is 17.7 Å². The first kappa shape index (κ1) is 11.4.